The van der Waals surface area contributed by atoms with Crippen LogP contribution in [0.5, 0.6) is 0 Å². The van der Waals surface area contributed by atoms with Gasteiger partial charge in [-0.2, -0.15) is 4.31 Å². The number of halogens is 2. The van der Waals surface area contributed by atoms with Gasteiger partial charge in [-0.3, -0.25) is 9.59 Å². The highest BCUT2D eigenvalue weighted by Gasteiger charge is 2.33. The topological polar surface area (TPSA) is 95.6 Å². The van der Waals surface area contributed by atoms with Gasteiger partial charge in [0.1, 0.15) is 11.6 Å². The molecule has 0 unspecified atom stereocenters. The van der Waals surface area contributed by atoms with Gasteiger partial charge in [0.2, 0.25) is 10.0 Å². The van der Waals surface area contributed by atoms with Crippen molar-refractivity contribution >= 4 is 27.5 Å². The number of hydrogen-bond acceptors (Lipinski definition) is 4. The second-order valence-electron chi connectivity index (χ2n) is 7.68. The van der Waals surface area contributed by atoms with E-state index in [1.165, 1.54) is 35.5 Å². The van der Waals surface area contributed by atoms with Crippen molar-refractivity contribution in [2.45, 2.75) is 43.5 Å². The van der Waals surface area contributed by atoms with Crippen molar-refractivity contribution in [1.29, 1.82) is 0 Å². The zero-order chi connectivity index (χ0) is 23.3. The molecule has 1 fully saturated rings. The molecule has 0 spiro atoms. The maximum Gasteiger partial charge on any atom is 0.313 e. The van der Waals surface area contributed by atoms with Crippen molar-refractivity contribution in [2.24, 2.45) is 0 Å². The smallest absolute Gasteiger partial charge is 0.313 e. The number of piperidine rings is 1. The van der Waals surface area contributed by atoms with Gasteiger partial charge in [0.25, 0.3) is 0 Å². The second-order valence-corrected chi connectivity index (χ2v) is 9.57. The van der Waals surface area contributed by atoms with Gasteiger partial charge in [-0.15, -0.1) is 0 Å². The summed E-state index contributed by atoms with van der Waals surface area (Å²) >= 11 is 0. The van der Waals surface area contributed by atoms with Crippen LogP contribution in [0.25, 0.3) is 0 Å². The monoisotopic (exact) mass is 465 g/mol. The average molecular weight is 466 g/mol. The highest BCUT2D eigenvalue weighted by atomic mass is 32.2. The summed E-state index contributed by atoms with van der Waals surface area (Å²) in [6, 6.07) is 8.36. The molecule has 10 heteroatoms. The summed E-state index contributed by atoms with van der Waals surface area (Å²) in [6.45, 7) is 1.95. The van der Waals surface area contributed by atoms with Crippen molar-refractivity contribution < 1.29 is 26.8 Å². The first-order valence-electron chi connectivity index (χ1n) is 10.3. The Morgan fingerprint density at radius 3 is 2.47 bits per heavy atom. The molecule has 1 atom stereocenters. The lowest BCUT2D eigenvalue weighted by Gasteiger charge is -2.34. The van der Waals surface area contributed by atoms with Crippen molar-refractivity contribution in [3.05, 3.63) is 59.7 Å². The molecule has 32 heavy (non-hydrogen) atoms. The Bertz CT molecular complexity index is 1090. The van der Waals surface area contributed by atoms with E-state index in [2.05, 4.69) is 10.6 Å². The van der Waals surface area contributed by atoms with Crippen LogP contribution in [-0.2, 0) is 19.6 Å². The first-order chi connectivity index (χ1) is 15.2. The number of anilines is 1. The second kappa shape index (κ2) is 10.2. The third-order valence-electron chi connectivity index (χ3n) is 5.38. The SMILES string of the molecule is Cc1cc(S(=O)(=O)N2CCCC[C@@H]2CCNC(=O)C(=O)Nc2ccc(F)cc2)ccc1F. The van der Waals surface area contributed by atoms with Crippen LogP contribution >= 0.6 is 0 Å². The number of nitrogens with zero attached hydrogens (tertiary/aromatic N) is 1. The fourth-order valence-corrected chi connectivity index (χ4v) is 5.45. The van der Waals surface area contributed by atoms with Gasteiger partial charge in [-0.1, -0.05) is 6.42 Å². The largest absolute Gasteiger partial charge is 0.348 e. The minimum atomic E-state index is -3.82. The lowest BCUT2D eigenvalue weighted by atomic mass is 10.0. The van der Waals surface area contributed by atoms with Gasteiger partial charge in [0.05, 0.1) is 4.90 Å². The predicted molar refractivity (Wildman–Crippen MR) is 115 cm³/mol. The number of rotatable bonds is 6. The van der Waals surface area contributed by atoms with E-state index in [0.717, 1.165) is 24.6 Å². The number of amides is 2. The van der Waals surface area contributed by atoms with Gasteiger partial charge in [-0.05, 0) is 74.2 Å². The van der Waals surface area contributed by atoms with Crippen LogP contribution in [0.1, 0.15) is 31.2 Å². The molecule has 172 valence electrons. The van der Waals surface area contributed by atoms with E-state index in [1.807, 2.05) is 0 Å². The number of carbonyl (C=O) groups excluding carboxylic acids is 2. The van der Waals surface area contributed by atoms with Crippen LogP contribution in [0.2, 0.25) is 0 Å². The van der Waals surface area contributed by atoms with Crippen LogP contribution in [0.3, 0.4) is 0 Å². The molecule has 7 nitrogen and oxygen atoms in total. The minimum absolute atomic E-state index is 0.0333. The van der Waals surface area contributed by atoms with Gasteiger partial charge in [-0.25, -0.2) is 17.2 Å². The molecule has 1 saturated heterocycles. The van der Waals surface area contributed by atoms with E-state index < -0.39 is 33.5 Å². The zero-order valence-electron chi connectivity index (χ0n) is 17.6. The lowest BCUT2D eigenvalue weighted by Crippen LogP contribution is -2.45. The summed E-state index contributed by atoms with van der Waals surface area (Å²) in [6.07, 6.45) is 2.51. The number of benzene rings is 2. The van der Waals surface area contributed by atoms with E-state index in [-0.39, 0.29) is 28.7 Å². The fraction of sp³-hybridized carbons (Fsp3) is 0.364. The highest BCUT2D eigenvalue weighted by Crippen LogP contribution is 2.27. The minimum Gasteiger partial charge on any atom is -0.348 e. The molecule has 3 rings (SSSR count). The molecule has 2 aromatic carbocycles. The van der Waals surface area contributed by atoms with Gasteiger partial charge >= 0.3 is 11.8 Å². The Labute approximate surface area is 185 Å². The number of aryl methyl sites for hydroxylation is 1. The molecule has 0 aromatic heterocycles. The van der Waals surface area contributed by atoms with Crippen molar-refractivity contribution in [1.82, 2.24) is 9.62 Å². The standard InChI is InChI=1S/C22H25F2N3O4S/c1-15-14-19(9-10-20(15)24)32(30,31)27-13-3-2-4-18(27)11-12-25-21(28)22(29)26-17-7-5-16(23)6-8-17/h5-10,14,18H,2-4,11-13H2,1H3,(H,25,28)(H,26,29)/t18-/m1/s1. The fourth-order valence-electron chi connectivity index (χ4n) is 3.65. The molecule has 1 heterocycles. The average Bonchev–Trinajstić information content (AvgIpc) is 2.77. The Morgan fingerprint density at radius 2 is 1.78 bits per heavy atom. The predicted octanol–water partition coefficient (Wildman–Crippen LogP) is 2.96. The van der Waals surface area contributed by atoms with Crippen LogP contribution in [0.4, 0.5) is 14.5 Å². The zero-order valence-corrected chi connectivity index (χ0v) is 18.4. The molecule has 2 amide bonds. The van der Waals surface area contributed by atoms with Crippen molar-refractivity contribution in [2.75, 3.05) is 18.4 Å². The molecule has 2 aromatic rings. The summed E-state index contributed by atoms with van der Waals surface area (Å²) in [4.78, 5) is 24.1. The maximum absolute atomic E-state index is 13.6. The van der Waals surface area contributed by atoms with Crippen molar-refractivity contribution in [3.63, 3.8) is 0 Å². The normalized spacial score (nSPS) is 17.0. The molecule has 2 N–H and O–H groups in total. The maximum atomic E-state index is 13.6. The molecule has 0 aliphatic carbocycles. The van der Waals surface area contributed by atoms with E-state index in [9.17, 15) is 26.8 Å². The number of nitrogens with one attached hydrogen (secondary N) is 2. The third-order valence-corrected chi connectivity index (χ3v) is 7.33. The van der Waals surface area contributed by atoms with Gasteiger partial charge in [0, 0.05) is 24.8 Å². The summed E-state index contributed by atoms with van der Waals surface area (Å²) in [5.41, 5.74) is 0.532. The number of hydrogen-bond donors (Lipinski definition) is 2. The molecule has 0 saturated carbocycles. The molecule has 0 radical (unpaired) electrons. The lowest BCUT2D eigenvalue weighted by molar-refractivity contribution is -0.136. The summed E-state index contributed by atoms with van der Waals surface area (Å²) in [5.74, 6) is -2.70. The van der Waals surface area contributed by atoms with E-state index in [1.54, 1.807) is 0 Å². The van der Waals surface area contributed by atoms with E-state index in [4.69, 9.17) is 0 Å². The molecule has 1 aliphatic rings. The quantitative estimate of drug-likeness (QED) is 0.642. The van der Waals surface area contributed by atoms with Crippen LogP contribution in [-0.4, -0.2) is 43.7 Å². The molecule has 0 bridgehead atoms. The van der Waals surface area contributed by atoms with Gasteiger partial charge in [0.15, 0.2) is 0 Å². The number of sulfonamides is 1. The van der Waals surface area contributed by atoms with Crippen molar-refractivity contribution in [3.8, 4) is 0 Å². The van der Waals surface area contributed by atoms with E-state index >= 15 is 0 Å². The Morgan fingerprint density at radius 1 is 1.06 bits per heavy atom. The van der Waals surface area contributed by atoms with E-state index in [0.29, 0.717) is 25.8 Å². The summed E-state index contributed by atoms with van der Waals surface area (Å²) in [5, 5.41) is 4.86. The molecular formula is C22H25F2N3O4S. The highest BCUT2D eigenvalue weighted by molar-refractivity contribution is 7.89. The summed E-state index contributed by atoms with van der Waals surface area (Å²) < 4.78 is 54.1. The number of carbonyl (C=O) groups is 2. The molecular weight excluding hydrogens is 440 g/mol. The van der Waals surface area contributed by atoms with Crippen LogP contribution in [0, 0.1) is 18.6 Å². The molecule has 1 aliphatic heterocycles. The summed E-state index contributed by atoms with van der Waals surface area (Å²) in [7, 11) is -3.82. The Balaban J connectivity index is 1.59. The first-order valence-corrected chi connectivity index (χ1v) is 11.8. The van der Waals surface area contributed by atoms with Crippen LogP contribution < -0.4 is 10.6 Å². The Hall–Kier alpha value is -2.85. The van der Waals surface area contributed by atoms with Crippen LogP contribution in [0.15, 0.2) is 47.4 Å². The first kappa shape index (κ1) is 23.8. The Kier molecular flexibility index (Phi) is 7.57. The third kappa shape index (κ3) is 5.68. The van der Waals surface area contributed by atoms with Gasteiger partial charge < -0.3 is 10.6 Å².